The van der Waals surface area contributed by atoms with Crippen molar-refractivity contribution >= 4 is 0 Å². The van der Waals surface area contributed by atoms with E-state index in [-0.39, 0.29) is 0 Å². The van der Waals surface area contributed by atoms with E-state index < -0.39 is 0 Å². The highest BCUT2D eigenvalue weighted by Crippen LogP contribution is 2.02. The predicted molar refractivity (Wildman–Crippen MR) is 43.0 cm³/mol. The molecule has 10 heavy (non-hydrogen) atoms. The summed E-state index contributed by atoms with van der Waals surface area (Å²) in [5.74, 6) is 0. The van der Waals surface area contributed by atoms with Crippen molar-refractivity contribution in [2.24, 2.45) is 0 Å². The Balaban J connectivity index is 2.29. The van der Waals surface area contributed by atoms with Crippen molar-refractivity contribution in [1.29, 1.82) is 0 Å². The van der Waals surface area contributed by atoms with E-state index in [1.165, 1.54) is 32.6 Å². The van der Waals surface area contributed by atoms with Crippen LogP contribution >= 0.6 is 0 Å². The Morgan fingerprint density at radius 3 is 2.50 bits per heavy atom. The first-order valence-corrected chi connectivity index (χ1v) is 4.44. The molecular formula is C8H19N2+. The van der Waals surface area contributed by atoms with Gasteiger partial charge in [0.05, 0.1) is 19.1 Å². The van der Waals surface area contributed by atoms with Crippen LogP contribution in [-0.2, 0) is 0 Å². The van der Waals surface area contributed by atoms with Crippen LogP contribution in [0.3, 0.4) is 0 Å². The van der Waals surface area contributed by atoms with Gasteiger partial charge in [-0.25, -0.2) is 0 Å². The maximum atomic E-state index is 2.56. The number of hydrogen-bond acceptors (Lipinski definition) is 1. The van der Waals surface area contributed by atoms with E-state index in [0.717, 1.165) is 6.04 Å². The third-order valence-electron chi connectivity index (χ3n) is 2.47. The molecule has 0 bridgehead atoms. The van der Waals surface area contributed by atoms with Gasteiger partial charge < -0.3 is 5.32 Å². The molecule has 1 atom stereocenters. The molecule has 60 valence electrons. The summed E-state index contributed by atoms with van der Waals surface area (Å²) in [5, 5.41) is 2.42. The van der Waals surface area contributed by atoms with Crippen molar-refractivity contribution in [3.63, 3.8) is 0 Å². The summed E-state index contributed by atoms with van der Waals surface area (Å²) in [6, 6.07) is 0.870. The number of rotatable bonds is 3. The van der Waals surface area contributed by atoms with Gasteiger partial charge in [-0.2, -0.15) is 0 Å². The van der Waals surface area contributed by atoms with E-state index in [2.05, 4.69) is 24.1 Å². The molecule has 2 nitrogen and oxygen atoms in total. The SMILES string of the molecule is CCN(CC)C1CC[NH2+]C1. The van der Waals surface area contributed by atoms with Crippen LogP contribution in [0, 0.1) is 0 Å². The molecule has 2 N–H and O–H groups in total. The second-order valence-corrected chi connectivity index (χ2v) is 2.98. The normalized spacial score (nSPS) is 26.1. The number of nitrogens with two attached hydrogens (primary N) is 1. The van der Waals surface area contributed by atoms with Crippen LogP contribution in [0.5, 0.6) is 0 Å². The minimum Gasteiger partial charge on any atom is -0.345 e. The molecular weight excluding hydrogens is 124 g/mol. The van der Waals surface area contributed by atoms with Crippen LogP contribution in [0.25, 0.3) is 0 Å². The number of hydrogen-bond donors (Lipinski definition) is 1. The molecule has 0 aliphatic carbocycles. The van der Waals surface area contributed by atoms with Crippen molar-refractivity contribution in [3.8, 4) is 0 Å². The summed E-state index contributed by atoms with van der Waals surface area (Å²) in [7, 11) is 0. The first kappa shape index (κ1) is 8.02. The molecule has 0 aromatic rings. The van der Waals surface area contributed by atoms with Gasteiger partial charge in [0.1, 0.15) is 0 Å². The van der Waals surface area contributed by atoms with Gasteiger partial charge in [-0.15, -0.1) is 0 Å². The van der Waals surface area contributed by atoms with Gasteiger partial charge in [-0.3, -0.25) is 4.90 Å². The lowest BCUT2D eigenvalue weighted by Crippen LogP contribution is -2.82. The molecule has 2 heteroatoms. The average Bonchev–Trinajstić information content (AvgIpc) is 2.43. The lowest BCUT2D eigenvalue weighted by Gasteiger charge is -2.22. The van der Waals surface area contributed by atoms with E-state index in [4.69, 9.17) is 0 Å². The van der Waals surface area contributed by atoms with Gasteiger partial charge in [-0.1, -0.05) is 13.8 Å². The zero-order valence-electron chi connectivity index (χ0n) is 7.14. The average molecular weight is 143 g/mol. The van der Waals surface area contributed by atoms with Crippen LogP contribution in [-0.4, -0.2) is 37.1 Å². The Morgan fingerprint density at radius 1 is 1.40 bits per heavy atom. The quantitative estimate of drug-likeness (QED) is 0.573. The van der Waals surface area contributed by atoms with Gasteiger partial charge >= 0.3 is 0 Å². The van der Waals surface area contributed by atoms with Crippen molar-refractivity contribution < 1.29 is 5.32 Å². The minimum atomic E-state index is 0.870. The number of likely N-dealkylation sites (N-methyl/N-ethyl adjacent to an activating group) is 1. The van der Waals surface area contributed by atoms with Crippen LogP contribution < -0.4 is 5.32 Å². The Labute approximate surface area is 63.6 Å². The lowest BCUT2D eigenvalue weighted by molar-refractivity contribution is -0.637. The topological polar surface area (TPSA) is 19.9 Å². The molecule has 0 radical (unpaired) electrons. The molecule has 1 heterocycles. The van der Waals surface area contributed by atoms with Gasteiger partial charge in [0, 0.05) is 6.42 Å². The van der Waals surface area contributed by atoms with Crippen LogP contribution in [0.1, 0.15) is 20.3 Å². The van der Waals surface area contributed by atoms with Gasteiger partial charge in [0.15, 0.2) is 0 Å². The van der Waals surface area contributed by atoms with E-state index in [1.54, 1.807) is 0 Å². The summed E-state index contributed by atoms with van der Waals surface area (Å²) in [5.41, 5.74) is 0. The van der Waals surface area contributed by atoms with Crippen LogP contribution in [0.4, 0.5) is 0 Å². The van der Waals surface area contributed by atoms with E-state index in [9.17, 15) is 0 Å². The third-order valence-corrected chi connectivity index (χ3v) is 2.47. The molecule has 1 fully saturated rings. The highest BCUT2D eigenvalue weighted by Gasteiger charge is 2.22. The van der Waals surface area contributed by atoms with Crippen molar-refractivity contribution in [1.82, 2.24) is 4.90 Å². The summed E-state index contributed by atoms with van der Waals surface area (Å²) in [6.45, 7) is 9.59. The first-order valence-electron chi connectivity index (χ1n) is 4.44. The second kappa shape index (κ2) is 3.94. The zero-order chi connectivity index (χ0) is 7.40. The highest BCUT2D eigenvalue weighted by molar-refractivity contribution is 4.70. The van der Waals surface area contributed by atoms with Crippen molar-refractivity contribution in [2.45, 2.75) is 26.3 Å². The fourth-order valence-corrected chi connectivity index (χ4v) is 1.81. The van der Waals surface area contributed by atoms with Crippen LogP contribution in [0.15, 0.2) is 0 Å². The minimum absolute atomic E-state index is 0.870. The molecule has 0 amide bonds. The maximum Gasteiger partial charge on any atom is 0.0915 e. The fraction of sp³-hybridized carbons (Fsp3) is 1.00. The maximum absolute atomic E-state index is 2.56. The Morgan fingerprint density at radius 2 is 2.10 bits per heavy atom. The molecule has 0 aromatic carbocycles. The summed E-state index contributed by atoms with van der Waals surface area (Å²) >= 11 is 0. The summed E-state index contributed by atoms with van der Waals surface area (Å²) < 4.78 is 0. The summed E-state index contributed by atoms with van der Waals surface area (Å²) in [6.07, 6.45) is 1.39. The molecule has 1 unspecified atom stereocenters. The van der Waals surface area contributed by atoms with Gasteiger partial charge in [-0.05, 0) is 13.1 Å². The van der Waals surface area contributed by atoms with E-state index in [0.29, 0.717) is 0 Å². The van der Waals surface area contributed by atoms with Gasteiger partial charge in [0.2, 0.25) is 0 Å². The third kappa shape index (κ3) is 1.70. The van der Waals surface area contributed by atoms with Gasteiger partial charge in [0.25, 0.3) is 0 Å². The molecule has 1 aliphatic rings. The molecule has 0 aromatic heterocycles. The predicted octanol–water partition coefficient (Wildman–Crippen LogP) is -0.336. The monoisotopic (exact) mass is 143 g/mol. The fourth-order valence-electron chi connectivity index (χ4n) is 1.81. The van der Waals surface area contributed by atoms with E-state index in [1.807, 2.05) is 0 Å². The largest absolute Gasteiger partial charge is 0.345 e. The zero-order valence-corrected chi connectivity index (χ0v) is 7.14. The lowest BCUT2D eigenvalue weighted by atomic mass is 10.2. The van der Waals surface area contributed by atoms with Crippen molar-refractivity contribution in [3.05, 3.63) is 0 Å². The highest BCUT2D eigenvalue weighted by atomic mass is 15.2. The molecule has 1 aliphatic heterocycles. The smallest absolute Gasteiger partial charge is 0.0915 e. The first-order chi connectivity index (χ1) is 4.88. The Bertz CT molecular complexity index is 83.3. The Kier molecular flexibility index (Phi) is 3.16. The number of nitrogens with zero attached hydrogens (tertiary/aromatic N) is 1. The summed E-state index contributed by atoms with van der Waals surface area (Å²) in [4.78, 5) is 2.56. The number of quaternary nitrogens is 1. The van der Waals surface area contributed by atoms with E-state index >= 15 is 0 Å². The standard InChI is InChI=1S/C8H18N2/c1-3-10(4-2)8-5-6-9-7-8/h8-9H,3-7H2,1-2H3/p+1. The second-order valence-electron chi connectivity index (χ2n) is 2.98. The molecule has 1 rings (SSSR count). The molecule has 0 spiro atoms. The van der Waals surface area contributed by atoms with Crippen molar-refractivity contribution in [2.75, 3.05) is 26.2 Å². The van der Waals surface area contributed by atoms with Crippen LogP contribution in [0.2, 0.25) is 0 Å². The molecule has 0 saturated carbocycles. The molecule has 1 saturated heterocycles. The Hall–Kier alpha value is -0.0800.